The Balaban J connectivity index is 2.29. The van der Waals surface area contributed by atoms with Crippen LogP contribution in [0.1, 0.15) is 12.0 Å². The molecule has 2 nitrogen and oxygen atoms in total. The molecule has 0 fully saturated rings. The first-order valence-electron chi connectivity index (χ1n) is 5.46. The molecule has 1 heterocycles. The zero-order valence-corrected chi connectivity index (χ0v) is 12.3. The second kappa shape index (κ2) is 5.56. The zero-order valence-electron chi connectivity index (χ0n) is 9.36. The van der Waals surface area contributed by atoms with Crippen LogP contribution in [0.5, 0.6) is 0 Å². The third-order valence-corrected chi connectivity index (χ3v) is 4.48. The molecule has 16 heavy (non-hydrogen) atoms. The van der Waals surface area contributed by atoms with Crippen LogP contribution in [-0.4, -0.2) is 24.0 Å². The van der Waals surface area contributed by atoms with Crippen molar-refractivity contribution in [2.24, 2.45) is 0 Å². The van der Waals surface area contributed by atoms with Gasteiger partial charge in [-0.25, -0.2) is 0 Å². The van der Waals surface area contributed by atoms with Gasteiger partial charge in [0.2, 0.25) is 0 Å². The molecule has 3 heteroatoms. The fourth-order valence-electron chi connectivity index (χ4n) is 1.86. The average Bonchev–Trinajstić information content (AvgIpc) is 2.39. The van der Waals surface area contributed by atoms with Crippen molar-refractivity contribution < 1.29 is 19.4 Å². The van der Waals surface area contributed by atoms with Crippen LogP contribution in [0.3, 0.4) is 0 Å². The van der Waals surface area contributed by atoms with Gasteiger partial charge in [0.15, 0.2) is 0 Å². The number of hydrogen-bond donors (Lipinski definition) is 1. The van der Waals surface area contributed by atoms with E-state index >= 15 is 0 Å². The standard InChI is InChI=1S/C13H15N2.W/c1-14-13-5-3-2-4-12(13)10-11-6-8-15-9-7-11;/h2-6,15H,7-9H2,1H3;/q-1;. The molecular weight excluding hydrogens is 368 g/mol. The Bertz CT molecular complexity index is 424. The van der Waals surface area contributed by atoms with Crippen LogP contribution in [0.25, 0.3) is 5.32 Å². The number of para-hydroxylation sites is 1. The number of hydrogen-bond acceptors (Lipinski definition) is 1. The van der Waals surface area contributed by atoms with Gasteiger partial charge in [0, 0.05) is 0 Å². The van der Waals surface area contributed by atoms with E-state index in [1.165, 1.54) is 34.4 Å². The summed E-state index contributed by atoms with van der Waals surface area (Å²) < 4.78 is 1.45. The van der Waals surface area contributed by atoms with E-state index in [-0.39, 0.29) is 0 Å². The van der Waals surface area contributed by atoms with Crippen molar-refractivity contribution >= 4 is 9.59 Å². The Morgan fingerprint density at radius 3 is 2.88 bits per heavy atom. The number of benzene rings is 1. The Morgan fingerprint density at radius 2 is 2.19 bits per heavy atom. The van der Waals surface area contributed by atoms with Gasteiger partial charge in [-0.15, -0.1) is 0 Å². The maximum absolute atomic E-state index is 4.34. The third-order valence-electron chi connectivity index (χ3n) is 2.75. The van der Waals surface area contributed by atoms with Crippen LogP contribution in [0.2, 0.25) is 0 Å². The third kappa shape index (κ3) is 2.50. The quantitative estimate of drug-likeness (QED) is 0.852. The Hall–Kier alpha value is -0.722. The Morgan fingerprint density at radius 1 is 1.38 bits per heavy atom. The molecule has 1 aromatic carbocycles. The molecule has 84 valence electrons. The van der Waals surface area contributed by atoms with Gasteiger partial charge >= 0.3 is 108 Å². The van der Waals surface area contributed by atoms with Crippen molar-refractivity contribution in [3.8, 4) is 0 Å². The average molecular weight is 383 g/mol. The van der Waals surface area contributed by atoms with Gasteiger partial charge in [-0.3, -0.25) is 0 Å². The van der Waals surface area contributed by atoms with Crippen molar-refractivity contribution in [2.75, 3.05) is 20.1 Å². The van der Waals surface area contributed by atoms with Gasteiger partial charge in [-0.2, -0.15) is 0 Å². The molecule has 0 amide bonds. The van der Waals surface area contributed by atoms with Crippen LogP contribution < -0.4 is 5.32 Å². The molecule has 2 rings (SSSR count). The molecular formula is C13H15N2W-. The van der Waals surface area contributed by atoms with Crippen molar-refractivity contribution in [1.82, 2.24) is 5.32 Å². The second-order valence-corrected chi connectivity index (χ2v) is 5.22. The summed E-state index contributed by atoms with van der Waals surface area (Å²) in [4.78, 5) is 0. The fraction of sp³-hybridized carbons (Fsp3) is 0.308. The predicted molar refractivity (Wildman–Crippen MR) is 65.1 cm³/mol. The van der Waals surface area contributed by atoms with Gasteiger partial charge in [-0.1, -0.05) is 0 Å². The van der Waals surface area contributed by atoms with Crippen LogP contribution in [0.4, 0.5) is 5.69 Å². The summed E-state index contributed by atoms with van der Waals surface area (Å²) in [6.07, 6.45) is 3.44. The summed E-state index contributed by atoms with van der Waals surface area (Å²) in [7, 11) is 1.86. The van der Waals surface area contributed by atoms with Gasteiger partial charge in [-0.05, 0) is 0 Å². The van der Waals surface area contributed by atoms with E-state index in [1.54, 1.807) is 0 Å². The van der Waals surface area contributed by atoms with E-state index in [1.807, 2.05) is 13.1 Å². The molecule has 0 saturated heterocycles. The minimum absolute atomic E-state index is 0.998. The van der Waals surface area contributed by atoms with Gasteiger partial charge in [0.25, 0.3) is 0 Å². The number of nitrogens with zero attached hydrogens (tertiary/aromatic N) is 1. The molecule has 0 aliphatic carbocycles. The first-order chi connectivity index (χ1) is 7.83. The molecule has 0 aromatic heterocycles. The van der Waals surface area contributed by atoms with Crippen molar-refractivity contribution in [1.29, 1.82) is 0 Å². The van der Waals surface area contributed by atoms with Gasteiger partial charge < -0.3 is 0 Å². The molecule has 0 spiro atoms. The van der Waals surface area contributed by atoms with Crippen LogP contribution in [0.15, 0.2) is 35.9 Å². The molecule has 0 saturated carbocycles. The topological polar surface area (TPSA) is 26.1 Å². The fourth-order valence-corrected chi connectivity index (χ4v) is 3.15. The summed E-state index contributed by atoms with van der Waals surface area (Å²) in [6, 6.07) is 8.40. The summed E-state index contributed by atoms with van der Waals surface area (Å²) in [5, 5.41) is 7.68. The van der Waals surface area contributed by atoms with E-state index in [2.05, 4.69) is 34.9 Å². The summed E-state index contributed by atoms with van der Waals surface area (Å²) in [5.41, 5.74) is 3.89. The predicted octanol–water partition coefficient (Wildman–Crippen LogP) is 2.31. The van der Waals surface area contributed by atoms with Crippen LogP contribution in [-0.2, 0) is 19.4 Å². The van der Waals surface area contributed by atoms with E-state index in [4.69, 9.17) is 0 Å². The summed E-state index contributed by atoms with van der Waals surface area (Å²) >= 11 is 1.53. The molecule has 0 bridgehead atoms. The molecule has 0 atom stereocenters. The van der Waals surface area contributed by atoms with Gasteiger partial charge in [0.1, 0.15) is 0 Å². The van der Waals surface area contributed by atoms with Crippen molar-refractivity contribution in [3.63, 3.8) is 0 Å². The minimum atomic E-state index is 0.998. The SMILES string of the molecule is C[N-]c1ccccc1[C](=[W])C1=CCNCC1. The Kier molecular flexibility index (Phi) is 4.08. The van der Waals surface area contributed by atoms with Gasteiger partial charge in [0.05, 0.1) is 0 Å². The second-order valence-electron chi connectivity index (χ2n) is 3.75. The van der Waals surface area contributed by atoms with Crippen LogP contribution >= 0.6 is 0 Å². The molecule has 1 aromatic rings. The van der Waals surface area contributed by atoms with E-state index in [0.29, 0.717) is 0 Å². The Labute approximate surface area is 108 Å². The van der Waals surface area contributed by atoms with E-state index < -0.39 is 0 Å². The first kappa shape index (κ1) is 11.8. The maximum atomic E-state index is 4.34. The monoisotopic (exact) mass is 383 g/mol. The van der Waals surface area contributed by atoms with E-state index in [0.717, 1.165) is 25.2 Å². The van der Waals surface area contributed by atoms with Crippen molar-refractivity contribution in [2.45, 2.75) is 6.42 Å². The number of nitrogens with one attached hydrogen (secondary N) is 1. The summed E-state index contributed by atoms with van der Waals surface area (Å²) in [5.74, 6) is 0. The number of rotatable bonds is 3. The molecule has 1 aliphatic heterocycles. The normalized spacial score (nSPS) is 15.4. The first-order valence-corrected chi connectivity index (χ1v) is 6.93. The molecule has 1 N–H and O–H groups in total. The van der Waals surface area contributed by atoms with E-state index in [9.17, 15) is 0 Å². The zero-order chi connectivity index (χ0) is 11.4. The van der Waals surface area contributed by atoms with Crippen molar-refractivity contribution in [3.05, 3.63) is 46.8 Å². The van der Waals surface area contributed by atoms with Crippen LogP contribution in [0, 0.1) is 0 Å². The molecule has 1 aliphatic rings. The summed E-state index contributed by atoms with van der Waals surface area (Å²) in [6.45, 7) is 2.09. The molecule has 0 radical (unpaired) electrons. The molecule has 0 unspecified atom stereocenters.